The summed E-state index contributed by atoms with van der Waals surface area (Å²) in [4.78, 5) is 11.5. The first kappa shape index (κ1) is 12.1. The summed E-state index contributed by atoms with van der Waals surface area (Å²) in [6.45, 7) is 1.68. The fourth-order valence-electron chi connectivity index (χ4n) is 1.07. The average Bonchev–Trinajstić information content (AvgIpc) is 2.24. The van der Waals surface area contributed by atoms with Gasteiger partial charge in [-0.2, -0.15) is 0 Å². The van der Waals surface area contributed by atoms with Crippen molar-refractivity contribution in [2.75, 3.05) is 0 Å². The summed E-state index contributed by atoms with van der Waals surface area (Å²) in [6.07, 6.45) is -0.660. The number of carbonyl (C=O) groups is 1. The molecule has 0 radical (unpaired) electrons. The van der Waals surface area contributed by atoms with Crippen molar-refractivity contribution in [3.05, 3.63) is 17.7 Å². The van der Waals surface area contributed by atoms with Crippen LogP contribution in [0.5, 0.6) is 17.2 Å². The molecular weight excluding hydrogens is 214 g/mol. The second-order valence-corrected chi connectivity index (χ2v) is 3.26. The third-order valence-electron chi connectivity index (χ3n) is 2.02. The van der Waals surface area contributed by atoms with Gasteiger partial charge < -0.3 is 25.7 Å². The number of hydrogen-bond acceptors (Lipinski definition) is 5. The largest absolute Gasteiger partial charge is 0.504 e. The van der Waals surface area contributed by atoms with E-state index in [9.17, 15) is 9.90 Å². The first-order valence-corrected chi connectivity index (χ1v) is 4.69. The molecule has 0 aliphatic carbocycles. The first-order chi connectivity index (χ1) is 7.45. The molecule has 88 valence electrons. The minimum absolute atomic E-state index is 0.0553. The summed E-state index contributed by atoms with van der Waals surface area (Å²) in [5, 5.41) is 38.8. The van der Waals surface area contributed by atoms with Crippen molar-refractivity contribution >= 4 is 5.91 Å². The molecule has 6 nitrogen and oxygen atoms in total. The van der Waals surface area contributed by atoms with Gasteiger partial charge in [0.25, 0.3) is 5.91 Å². The average molecular weight is 227 g/mol. The number of carbonyl (C=O) groups excluding carboxylic acids is 1. The molecule has 5 N–H and O–H groups in total. The highest BCUT2D eigenvalue weighted by Gasteiger charge is 2.14. The first-order valence-electron chi connectivity index (χ1n) is 4.69. The highest BCUT2D eigenvalue weighted by Crippen LogP contribution is 2.35. The van der Waals surface area contributed by atoms with E-state index in [2.05, 4.69) is 5.32 Å². The number of benzene rings is 1. The maximum absolute atomic E-state index is 11.5. The Bertz CT molecular complexity index is 381. The maximum atomic E-state index is 11.5. The van der Waals surface area contributed by atoms with E-state index in [1.54, 1.807) is 6.92 Å². The summed E-state index contributed by atoms with van der Waals surface area (Å²) < 4.78 is 0. The van der Waals surface area contributed by atoms with Crippen LogP contribution in [0, 0.1) is 0 Å². The van der Waals surface area contributed by atoms with Gasteiger partial charge in [-0.15, -0.1) is 0 Å². The standard InChI is InChI=1S/C10H13NO5/c1-2-8(14)11-10(16)5-3-6(12)9(15)7(13)4-5/h3-4,8,12-15H,2H2,1H3,(H,11,16). The lowest BCUT2D eigenvalue weighted by Crippen LogP contribution is -2.33. The predicted octanol–water partition coefficient (Wildman–Crippen LogP) is 0.262. The molecule has 1 amide bonds. The third kappa shape index (κ3) is 2.54. The van der Waals surface area contributed by atoms with Crippen LogP contribution in [-0.2, 0) is 0 Å². The Labute approximate surface area is 91.8 Å². The minimum Gasteiger partial charge on any atom is -0.504 e. The second kappa shape index (κ2) is 4.71. The summed E-state index contributed by atoms with van der Waals surface area (Å²) >= 11 is 0. The van der Waals surface area contributed by atoms with Crippen LogP contribution in [0.4, 0.5) is 0 Å². The molecule has 0 aromatic heterocycles. The van der Waals surface area contributed by atoms with E-state index in [1.807, 2.05) is 0 Å². The van der Waals surface area contributed by atoms with Crippen LogP contribution in [0.15, 0.2) is 12.1 Å². The van der Waals surface area contributed by atoms with Crippen molar-refractivity contribution in [3.63, 3.8) is 0 Å². The summed E-state index contributed by atoms with van der Waals surface area (Å²) in [5.74, 6) is -2.54. The Kier molecular flexibility index (Phi) is 3.57. The molecule has 0 spiro atoms. The second-order valence-electron chi connectivity index (χ2n) is 3.26. The number of phenols is 3. The zero-order valence-corrected chi connectivity index (χ0v) is 8.64. The highest BCUT2D eigenvalue weighted by atomic mass is 16.3. The van der Waals surface area contributed by atoms with Crippen molar-refractivity contribution in [1.29, 1.82) is 0 Å². The van der Waals surface area contributed by atoms with Gasteiger partial charge in [0.05, 0.1) is 0 Å². The van der Waals surface area contributed by atoms with E-state index in [4.69, 9.17) is 15.3 Å². The van der Waals surface area contributed by atoms with Gasteiger partial charge in [0, 0.05) is 5.56 Å². The number of phenolic OH excluding ortho intramolecular Hbond substituents is 3. The van der Waals surface area contributed by atoms with Crippen LogP contribution in [0.2, 0.25) is 0 Å². The fraction of sp³-hybridized carbons (Fsp3) is 0.300. The molecular formula is C10H13NO5. The van der Waals surface area contributed by atoms with Crippen molar-refractivity contribution < 1.29 is 25.2 Å². The molecule has 1 atom stereocenters. The number of hydrogen-bond donors (Lipinski definition) is 5. The molecule has 1 rings (SSSR count). The molecule has 1 aromatic carbocycles. The Morgan fingerprint density at radius 3 is 2.25 bits per heavy atom. The van der Waals surface area contributed by atoms with Crippen molar-refractivity contribution in [1.82, 2.24) is 5.32 Å². The number of aliphatic hydroxyl groups is 1. The van der Waals surface area contributed by atoms with Gasteiger partial charge in [0.15, 0.2) is 17.2 Å². The fourth-order valence-corrected chi connectivity index (χ4v) is 1.07. The molecule has 0 saturated heterocycles. The van der Waals surface area contributed by atoms with Gasteiger partial charge in [-0.3, -0.25) is 4.79 Å². The van der Waals surface area contributed by atoms with E-state index >= 15 is 0 Å². The highest BCUT2D eigenvalue weighted by molar-refractivity contribution is 5.95. The van der Waals surface area contributed by atoms with Crippen LogP contribution in [0.3, 0.4) is 0 Å². The molecule has 0 bridgehead atoms. The monoisotopic (exact) mass is 227 g/mol. The number of amides is 1. The minimum atomic E-state index is -0.995. The maximum Gasteiger partial charge on any atom is 0.253 e. The van der Waals surface area contributed by atoms with Crippen molar-refractivity contribution in [3.8, 4) is 17.2 Å². The number of rotatable bonds is 3. The molecule has 0 fully saturated rings. The Hall–Kier alpha value is -1.95. The molecule has 0 heterocycles. The zero-order chi connectivity index (χ0) is 12.3. The lowest BCUT2D eigenvalue weighted by molar-refractivity contribution is 0.0775. The lowest BCUT2D eigenvalue weighted by atomic mass is 10.1. The van der Waals surface area contributed by atoms with Gasteiger partial charge in [0.2, 0.25) is 0 Å². The van der Waals surface area contributed by atoms with E-state index in [0.717, 1.165) is 12.1 Å². The summed E-state index contributed by atoms with van der Waals surface area (Å²) in [6, 6.07) is 1.99. The van der Waals surface area contributed by atoms with Gasteiger partial charge >= 0.3 is 0 Å². The number of aromatic hydroxyl groups is 3. The van der Waals surface area contributed by atoms with E-state index in [-0.39, 0.29) is 5.56 Å². The summed E-state index contributed by atoms with van der Waals surface area (Å²) in [5.41, 5.74) is -0.0553. The third-order valence-corrected chi connectivity index (χ3v) is 2.02. The topological polar surface area (TPSA) is 110 Å². The molecule has 0 saturated carbocycles. The van der Waals surface area contributed by atoms with Crippen LogP contribution >= 0.6 is 0 Å². The summed E-state index contributed by atoms with van der Waals surface area (Å²) in [7, 11) is 0. The van der Waals surface area contributed by atoms with Crippen LogP contribution in [0.1, 0.15) is 23.7 Å². The molecule has 0 aliphatic rings. The molecule has 1 aromatic rings. The van der Waals surface area contributed by atoms with Gasteiger partial charge in [-0.25, -0.2) is 0 Å². The number of nitrogens with one attached hydrogen (secondary N) is 1. The SMILES string of the molecule is CCC(O)NC(=O)c1cc(O)c(O)c(O)c1. The van der Waals surface area contributed by atoms with Gasteiger partial charge in [-0.1, -0.05) is 6.92 Å². The normalized spacial score (nSPS) is 12.1. The van der Waals surface area contributed by atoms with Crippen LogP contribution in [0.25, 0.3) is 0 Å². The molecule has 16 heavy (non-hydrogen) atoms. The van der Waals surface area contributed by atoms with Gasteiger partial charge in [-0.05, 0) is 18.6 Å². The molecule has 1 unspecified atom stereocenters. The Balaban J connectivity index is 2.93. The quantitative estimate of drug-likeness (QED) is 0.376. The lowest BCUT2D eigenvalue weighted by Gasteiger charge is -2.11. The predicted molar refractivity (Wildman–Crippen MR) is 55.2 cm³/mol. The van der Waals surface area contributed by atoms with Crippen molar-refractivity contribution in [2.24, 2.45) is 0 Å². The number of aliphatic hydroxyl groups excluding tert-OH is 1. The van der Waals surface area contributed by atoms with E-state index in [1.165, 1.54) is 0 Å². The van der Waals surface area contributed by atoms with Crippen molar-refractivity contribution in [2.45, 2.75) is 19.6 Å². The molecule has 0 aliphatic heterocycles. The Morgan fingerprint density at radius 2 is 1.81 bits per heavy atom. The van der Waals surface area contributed by atoms with Gasteiger partial charge in [0.1, 0.15) is 6.23 Å². The van der Waals surface area contributed by atoms with Crippen LogP contribution < -0.4 is 5.32 Å². The Morgan fingerprint density at radius 1 is 1.31 bits per heavy atom. The zero-order valence-electron chi connectivity index (χ0n) is 8.64. The smallest absolute Gasteiger partial charge is 0.253 e. The van der Waals surface area contributed by atoms with Crippen LogP contribution in [-0.4, -0.2) is 32.6 Å². The van der Waals surface area contributed by atoms with E-state index < -0.39 is 29.4 Å². The molecule has 6 heteroatoms. The van der Waals surface area contributed by atoms with E-state index in [0.29, 0.717) is 6.42 Å².